The van der Waals surface area contributed by atoms with E-state index in [1.807, 2.05) is 6.92 Å². The van der Waals surface area contributed by atoms with Crippen molar-refractivity contribution in [3.63, 3.8) is 0 Å². The van der Waals surface area contributed by atoms with E-state index in [0.717, 1.165) is 0 Å². The Labute approximate surface area is 106 Å². The Hall–Kier alpha value is -0.730. The Balaban J connectivity index is 4.30. The van der Waals surface area contributed by atoms with Crippen LogP contribution < -0.4 is 0 Å². The summed E-state index contributed by atoms with van der Waals surface area (Å²) >= 11 is 0. The van der Waals surface area contributed by atoms with Crippen LogP contribution >= 0.6 is 0 Å². The van der Waals surface area contributed by atoms with E-state index in [4.69, 9.17) is 10.2 Å². The van der Waals surface area contributed by atoms with E-state index in [2.05, 4.69) is 0 Å². The lowest BCUT2D eigenvalue weighted by molar-refractivity contribution is -0.138. The number of carbonyl (C=O) groups excluding carboxylic acids is 1. The quantitative estimate of drug-likeness (QED) is 0.336. The van der Waals surface area contributed by atoms with E-state index in [0.29, 0.717) is 12.8 Å². The van der Waals surface area contributed by atoms with Crippen LogP contribution in [0.5, 0.6) is 0 Å². The topological polar surface area (TPSA) is 121 Å². The Morgan fingerprint density at radius 3 is 2.06 bits per heavy atom. The molecule has 7 heteroatoms. The number of carbonyl (C=O) groups is 1. The second kappa shape index (κ2) is 8.39. The molecule has 108 valence electrons. The Kier molecular flexibility index (Phi) is 8.05. The summed E-state index contributed by atoms with van der Waals surface area (Å²) in [7, 11) is 1.47. The molecule has 0 aliphatic heterocycles. The molecule has 0 fully saturated rings. The molecule has 0 spiro atoms. The molecule has 0 bridgehead atoms. The third kappa shape index (κ3) is 5.28. The summed E-state index contributed by atoms with van der Waals surface area (Å²) in [5.74, 6) is -0.180. The number of hydrogen-bond donors (Lipinski definition) is 5. The molecule has 1 amide bonds. The molecule has 0 rings (SSSR count). The van der Waals surface area contributed by atoms with E-state index < -0.39 is 31.0 Å². The van der Waals surface area contributed by atoms with Crippen LogP contribution in [-0.4, -0.2) is 81.0 Å². The molecule has 0 aliphatic rings. The van der Waals surface area contributed by atoms with Crippen LogP contribution in [-0.2, 0) is 4.79 Å². The summed E-state index contributed by atoms with van der Waals surface area (Å²) in [5.41, 5.74) is 0. The summed E-state index contributed by atoms with van der Waals surface area (Å²) in [4.78, 5) is 12.7. The highest BCUT2D eigenvalue weighted by molar-refractivity contribution is 5.75. The molecule has 0 unspecified atom stereocenters. The molecule has 0 aromatic heterocycles. The summed E-state index contributed by atoms with van der Waals surface area (Å²) < 4.78 is 0. The second-order valence-electron chi connectivity index (χ2n) is 4.32. The van der Waals surface area contributed by atoms with Gasteiger partial charge in [0, 0.05) is 20.0 Å². The minimum Gasteiger partial charge on any atom is -0.394 e. The van der Waals surface area contributed by atoms with Gasteiger partial charge in [-0.2, -0.15) is 0 Å². The molecular formula is C11H23NO6. The van der Waals surface area contributed by atoms with Crippen molar-refractivity contribution in [1.82, 2.24) is 4.90 Å². The first-order chi connectivity index (χ1) is 8.34. The lowest BCUT2D eigenvalue weighted by Crippen LogP contribution is -2.49. The fourth-order valence-corrected chi connectivity index (χ4v) is 1.46. The maximum atomic E-state index is 11.4. The fraction of sp³-hybridized carbons (Fsp3) is 0.909. The van der Waals surface area contributed by atoms with Gasteiger partial charge in [-0.05, 0) is 6.42 Å². The molecule has 4 atom stereocenters. The zero-order valence-corrected chi connectivity index (χ0v) is 10.7. The lowest BCUT2D eigenvalue weighted by Gasteiger charge is -2.28. The molecule has 0 saturated heterocycles. The highest BCUT2D eigenvalue weighted by Gasteiger charge is 2.31. The third-order valence-electron chi connectivity index (χ3n) is 2.68. The summed E-state index contributed by atoms with van der Waals surface area (Å²) in [6, 6.07) is 0. The monoisotopic (exact) mass is 265 g/mol. The van der Waals surface area contributed by atoms with Gasteiger partial charge in [-0.15, -0.1) is 0 Å². The van der Waals surface area contributed by atoms with Crippen molar-refractivity contribution >= 4 is 5.91 Å². The van der Waals surface area contributed by atoms with Crippen molar-refractivity contribution in [3.05, 3.63) is 0 Å². The van der Waals surface area contributed by atoms with Gasteiger partial charge in [0.1, 0.15) is 24.4 Å². The van der Waals surface area contributed by atoms with Gasteiger partial charge in [-0.1, -0.05) is 6.92 Å². The molecule has 0 heterocycles. The van der Waals surface area contributed by atoms with Crippen LogP contribution in [0, 0.1) is 0 Å². The molecular weight excluding hydrogens is 242 g/mol. The average Bonchev–Trinajstić information content (AvgIpc) is 2.35. The van der Waals surface area contributed by atoms with Gasteiger partial charge in [-0.25, -0.2) is 0 Å². The van der Waals surface area contributed by atoms with Crippen molar-refractivity contribution in [3.8, 4) is 0 Å². The Bertz CT molecular complexity index is 250. The van der Waals surface area contributed by atoms with Crippen molar-refractivity contribution in [1.29, 1.82) is 0 Å². The van der Waals surface area contributed by atoms with Crippen molar-refractivity contribution in [2.24, 2.45) is 0 Å². The van der Waals surface area contributed by atoms with Gasteiger partial charge >= 0.3 is 0 Å². The number of aliphatic hydroxyl groups is 5. The second-order valence-corrected chi connectivity index (χ2v) is 4.32. The Morgan fingerprint density at radius 2 is 1.61 bits per heavy atom. The van der Waals surface area contributed by atoms with Crippen LogP contribution in [0.3, 0.4) is 0 Å². The van der Waals surface area contributed by atoms with Gasteiger partial charge < -0.3 is 30.4 Å². The summed E-state index contributed by atoms with van der Waals surface area (Å²) in [5, 5.41) is 46.3. The average molecular weight is 265 g/mol. The van der Waals surface area contributed by atoms with Crippen molar-refractivity contribution in [2.75, 3.05) is 20.2 Å². The van der Waals surface area contributed by atoms with Crippen LogP contribution in [0.2, 0.25) is 0 Å². The number of nitrogens with zero attached hydrogens (tertiary/aromatic N) is 1. The first kappa shape index (κ1) is 17.3. The molecule has 5 N–H and O–H groups in total. The zero-order chi connectivity index (χ0) is 14.3. The molecule has 0 saturated carbocycles. The first-order valence-corrected chi connectivity index (χ1v) is 5.92. The van der Waals surface area contributed by atoms with Crippen LogP contribution in [0.15, 0.2) is 0 Å². The highest BCUT2D eigenvalue weighted by atomic mass is 16.4. The predicted octanol–water partition coefficient (Wildman–Crippen LogP) is -2.32. The molecule has 0 aliphatic carbocycles. The van der Waals surface area contributed by atoms with Gasteiger partial charge in [-0.3, -0.25) is 4.79 Å². The Morgan fingerprint density at radius 1 is 1.11 bits per heavy atom. The number of hydrogen-bond acceptors (Lipinski definition) is 6. The van der Waals surface area contributed by atoms with E-state index >= 15 is 0 Å². The van der Waals surface area contributed by atoms with Crippen molar-refractivity contribution in [2.45, 2.75) is 44.2 Å². The van der Waals surface area contributed by atoms with Crippen molar-refractivity contribution < 1.29 is 30.3 Å². The van der Waals surface area contributed by atoms with E-state index in [1.165, 1.54) is 11.9 Å². The van der Waals surface area contributed by atoms with Gasteiger partial charge in [0.2, 0.25) is 5.91 Å². The minimum absolute atomic E-state index is 0.158. The fourth-order valence-electron chi connectivity index (χ4n) is 1.46. The van der Waals surface area contributed by atoms with E-state index in [-0.39, 0.29) is 12.5 Å². The maximum absolute atomic E-state index is 11.4. The number of amides is 1. The summed E-state index contributed by atoms with van der Waals surface area (Å²) in [6.07, 6.45) is -5.23. The number of likely N-dealkylation sites (N-methyl/N-ethyl adjacent to an activating group) is 1. The standard InChI is InChI=1S/C11H23NO6/c1-3-4-9(16)12(2)5-7(14)10(17)11(18)8(15)6-13/h7-8,10-11,13-15,17-18H,3-6H2,1-2H3/t7-,8+,10+,11+/m0/s1. The van der Waals surface area contributed by atoms with Crippen LogP contribution in [0.25, 0.3) is 0 Å². The van der Waals surface area contributed by atoms with Crippen LogP contribution in [0.4, 0.5) is 0 Å². The maximum Gasteiger partial charge on any atom is 0.222 e. The first-order valence-electron chi connectivity index (χ1n) is 5.92. The molecule has 7 nitrogen and oxygen atoms in total. The smallest absolute Gasteiger partial charge is 0.222 e. The third-order valence-corrected chi connectivity index (χ3v) is 2.68. The zero-order valence-electron chi connectivity index (χ0n) is 10.7. The molecule has 0 radical (unpaired) electrons. The summed E-state index contributed by atoms with van der Waals surface area (Å²) in [6.45, 7) is 0.961. The van der Waals surface area contributed by atoms with E-state index in [9.17, 15) is 20.1 Å². The van der Waals surface area contributed by atoms with E-state index in [1.54, 1.807) is 0 Å². The SMILES string of the molecule is CCCC(=O)N(C)C[C@H](O)[C@@H](O)[C@H](O)[C@H](O)CO. The minimum atomic E-state index is -1.67. The number of aliphatic hydroxyl groups excluding tert-OH is 5. The van der Waals surface area contributed by atoms with Gasteiger partial charge in [0.15, 0.2) is 0 Å². The van der Waals surface area contributed by atoms with Gasteiger partial charge in [0.25, 0.3) is 0 Å². The highest BCUT2D eigenvalue weighted by Crippen LogP contribution is 2.07. The lowest BCUT2D eigenvalue weighted by atomic mass is 10.0. The number of rotatable bonds is 8. The van der Waals surface area contributed by atoms with Gasteiger partial charge in [0.05, 0.1) is 6.61 Å². The molecule has 0 aromatic carbocycles. The molecule has 0 aromatic rings. The van der Waals surface area contributed by atoms with Crippen LogP contribution in [0.1, 0.15) is 19.8 Å². The predicted molar refractivity (Wildman–Crippen MR) is 63.7 cm³/mol. The molecule has 18 heavy (non-hydrogen) atoms. The normalized spacial score (nSPS) is 17.9. The largest absolute Gasteiger partial charge is 0.394 e.